The Labute approximate surface area is 108 Å². The molecule has 2 aromatic rings. The molecule has 0 bridgehead atoms. The van der Waals surface area contributed by atoms with Crippen molar-refractivity contribution in [3.05, 3.63) is 34.4 Å². The fourth-order valence-corrected chi connectivity index (χ4v) is 2.49. The number of benzene rings is 1. The number of hydrogen-bond donors (Lipinski definition) is 2. The molecule has 2 N–H and O–H groups in total. The second kappa shape index (κ2) is 4.18. The number of hydrogen-bond acceptors (Lipinski definition) is 1. The third-order valence-corrected chi connectivity index (χ3v) is 3.46. The summed E-state index contributed by atoms with van der Waals surface area (Å²) < 4.78 is 0.997. The molecule has 1 heterocycles. The van der Waals surface area contributed by atoms with Gasteiger partial charge in [-0.15, -0.1) is 0 Å². The fourth-order valence-electron chi connectivity index (χ4n) is 2.13. The molecule has 0 saturated carbocycles. The van der Waals surface area contributed by atoms with Gasteiger partial charge in [0, 0.05) is 27.0 Å². The third kappa shape index (κ3) is 2.36. The largest absolute Gasteiger partial charge is 0.481 e. The van der Waals surface area contributed by atoms with Crippen molar-refractivity contribution in [3.63, 3.8) is 0 Å². The Morgan fingerprint density at radius 2 is 2.18 bits per heavy atom. The number of nitrogens with one attached hydrogen (secondary N) is 1. The quantitative estimate of drug-likeness (QED) is 0.907. The van der Waals surface area contributed by atoms with E-state index < -0.39 is 5.97 Å². The molecule has 1 aromatic heterocycles. The molecule has 0 radical (unpaired) electrons. The fraction of sp³-hybridized carbons (Fsp3) is 0.308. The number of carboxylic acids is 1. The number of fused-ring (bicyclic) bond motifs is 1. The third-order valence-electron chi connectivity index (χ3n) is 2.97. The zero-order chi connectivity index (χ0) is 12.6. The summed E-state index contributed by atoms with van der Waals surface area (Å²) in [5, 5.41) is 10.0. The topological polar surface area (TPSA) is 53.1 Å². The highest BCUT2D eigenvalue weighted by Gasteiger charge is 2.26. The summed E-state index contributed by atoms with van der Waals surface area (Å²) in [7, 11) is 0. The van der Waals surface area contributed by atoms with Gasteiger partial charge >= 0.3 is 5.97 Å². The van der Waals surface area contributed by atoms with Crippen molar-refractivity contribution in [1.82, 2.24) is 4.98 Å². The maximum absolute atomic E-state index is 10.9. The molecule has 17 heavy (non-hydrogen) atoms. The molecule has 0 aliphatic rings. The standard InChI is InChI=1S/C13H14BrNO2/c1-13(2,6-12(16)17)10-7-15-11-4-3-8(14)5-9(10)11/h3-5,7,15H,6H2,1-2H3,(H,16,17). The van der Waals surface area contributed by atoms with Crippen molar-refractivity contribution in [2.24, 2.45) is 0 Å². The summed E-state index contributed by atoms with van der Waals surface area (Å²) in [6.45, 7) is 3.90. The molecule has 0 aliphatic heterocycles. The van der Waals surface area contributed by atoms with Gasteiger partial charge in [0.05, 0.1) is 6.42 Å². The summed E-state index contributed by atoms with van der Waals surface area (Å²) in [5.41, 5.74) is 1.68. The SMILES string of the molecule is CC(C)(CC(=O)O)c1c[nH]c2ccc(Br)cc12. The van der Waals surface area contributed by atoms with Crippen LogP contribution < -0.4 is 0 Å². The molecular weight excluding hydrogens is 282 g/mol. The molecule has 1 aromatic carbocycles. The smallest absolute Gasteiger partial charge is 0.304 e. The van der Waals surface area contributed by atoms with Crippen LogP contribution in [0.15, 0.2) is 28.9 Å². The number of carbonyl (C=O) groups is 1. The minimum atomic E-state index is -0.778. The summed E-state index contributed by atoms with van der Waals surface area (Å²) in [4.78, 5) is 14.1. The van der Waals surface area contributed by atoms with E-state index in [2.05, 4.69) is 20.9 Å². The molecule has 0 spiro atoms. The first-order chi connectivity index (χ1) is 7.90. The second-order valence-corrected chi connectivity index (χ2v) is 5.76. The van der Waals surface area contributed by atoms with Gasteiger partial charge in [-0.3, -0.25) is 4.79 Å². The average molecular weight is 296 g/mol. The van der Waals surface area contributed by atoms with Gasteiger partial charge in [-0.2, -0.15) is 0 Å². The lowest BCUT2D eigenvalue weighted by atomic mass is 9.81. The highest BCUT2D eigenvalue weighted by atomic mass is 79.9. The van der Waals surface area contributed by atoms with E-state index in [1.807, 2.05) is 38.2 Å². The van der Waals surface area contributed by atoms with Crippen LogP contribution in [0.1, 0.15) is 25.8 Å². The monoisotopic (exact) mass is 295 g/mol. The first kappa shape index (κ1) is 12.2. The Balaban J connectivity index is 2.55. The maximum atomic E-state index is 10.9. The van der Waals surface area contributed by atoms with E-state index in [1.54, 1.807) is 0 Å². The van der Waals surface area contributed by atoms with Crippen molar-refractivity contribution in [2.75, 3.05) is 0 Å². The maximum Gasteiger partial charge on any atom is 0.304 e. The molecule has 4 heteroatoms. The molecule has 2 rings (SSSR count). The van der Waals surface area contributed by atoms with Crippen molar-refractivity contribution in [3.8, 4) is 0 Å². The lowest BCUT2D eigenvalue weighted by Crippen LogP contribution is -2.21. The number of halogens is 1. The van der Waals surface area contributed by atoms with Crippen LogP contribution in [0, 0.1) is 0 Å². The zero-order valence-electron chi connectivity index (χ0n) is 9.75. The lowest BCUT2D eigenvalue weighted by Gasteiger charge is -2.22. The van der Waals surface area contributed by atoms with Crippen molar-refractivity contribution in [1.29, 1.82) is 0 Å². The molecule has 90 valence electrons. The summed E-state index contributed by atoms with van der Waals surface area (Å²) in [6, 6.07) is 5.97. The predicted octanol–water partition coefficient (Wildman–Crippen LogP) is 3.68. The number of aliphatic carboxylic acids is 1. The van der Waals surface area contributed by atoms with Crippen molar-refractivity contribution >= 4 is 32.8 Å². The molecule has 3 nitrogen and oxygen atoms in total. The molecule has 0 amide bonds. The van der Waals surface area contributed by atoms with E-state index in [-0.39, 0.29) is 11.8 Å². The van der Waals surface area contributed by atoms with Gasteiger partial charge in [-0.05, 0) is 23.8 Å². The van der Waals surface area contributed by atoms with E-state index >= 15 is 0 Å². The van der Waals surface area contributed by atoms with Gasteiger partial charge in [0.2, 0.25) is 0 Å². The molecule has 0 aliphatic carbocycles. The average Bonchev–Trinajstić information content (AvgIpc) is 2.58. The van der Waals surface area contributed by atoms with E-state index in [1.165, 1.54) is 0 Å². The van der Waals surface area contributed by atoms with Crippen molar-refractivity contribution < 1.29 is 9.90 Å². The highest BCUT2D eigenvalue weighted by Crippen LogP contribution is 2.34. The Bertz CT molecular complexity index is 572. The molecule has 0 unspecified atom stereocenters. The van der Waals surface area contributed by atoms with Gasteiger partial charge in [-0.1, -0.05) is 29.8 Å². The first-order valence-corrected chi connectivity index (χ1v) is 6.18. The van der Waals surface area contributed by atoms with E-state index in [4.69, 9.17) is 5.11 Å². The first-order valence-electron chi connectivity index (χ1n) is 5.39. The van der Waals surface area contributed by atoms with Crippen molar-refractivity contribution in [2.45, 2.75) is 25.7 Å². The lowest BCUT2D eigenvalue weighted by molar-refractivity contribution is -0.138. The zero-order valence-corrected chi connectivity index (χ0v) is 11.3. The van der Waals surface area contributed by atoms with E-state index in [0.29, 0.717) is 0 Å². The number of carboxylic acid groups (broad SMARTS) is 1. The minimum Gasteiger partial charge on any atom is -0.481 e. The molecule has 0 atom stereocenters. The Kier molecular flexibility index (Phi) is 3.00. The van der Waals surface area contributed by atoms with Gasteiger partial charge in [0.25, 0.3) is 0 Å². The highest BCUT2D eigenvalue weighted by molar-refractivity contribution is 9.10. The number of aromatic nitrogens is 1. The Morgan fingerprint density at radius 1 is 1.47 bits per heavy atom. The van der Waals surface area contributed by atoms with Crippen LogP contribution in [-0.2, 0) is 10.2 Å². The normalized spacial score (nSPS) is 11.9. The van der Waals surface area contributed by atoms with Gasteiger partial charge in [0.1, 0.15) is 0 Å². The van der Waals surface area contributed by atoms with Gasteiger partial charge < -0.3 is 10.1 Å². The van der Waals surface area contributed by atoms with Crippen LogP contribution in [0.5, 0.6) is 0 Å². The van der Waals surface area contributed by atoms with E-state index in [0.717, 1.165) is 20.9 Å². The van der Waals surface area contributed by atoms with Crippen LogP contribution in [0.25, 0.3) is 10.9 Å². The minimum absolute atomic E-state index is 0.118. The van der Waals surface area contributed by atoms with Crippen LogP contribution in [0.4, 0.5) is 0 Å². The Hall–Kier alpha value is -1.29. The van der Waals surface area contributed by atoms with Crippen LogP contribution in [-0.4, -0.2) is 16.1 Å². The van der Waals surface area contributed by atoms with Crippen LogP contribution in [0.3, 0.4) is 0 Å². The number of aromatic amines is 1. The number of H-pyrrole nitrogens is 1. The van der Waals surface area contributed by atoms with E-state index in [9.17, 15) is 4.79 Å². The van der Waals surface area contributed by atoms with Crippen LogP contribution >= 0.6 is 15.9 Å². The molecule has 0 saturated heterocycles. The summed E-state index contributed by atoms with van der Waals surface area (Å²) in [5.74, 6) is -0.778. The molecule has 0 fully saturated rings. The number of rotatable bonds is 3. The molecular formula is C13H14BrNO2. The Morgan fingerprint density at radius 3 is 2.82 bits per heavy atom. The summed E-state index contributed by atoms with van der Waals surface area (Å²) >= 11 is 3.44. The predicted molar refractivity (Wildman–Crippen MR) is 71.3 cm³/mol. The van der Waals surface area contributed by atoms with Gasteiger partial charge in [0.15, 0.2) is 0 Å². The summed E-state index contributed by atoms with van der Waals surface area (Å²) in [6.07, 6.45) is 2.02. The van der Waals surface area contributed by atoms with Gasteiger partial charge in [-0.25, -0.2) is 0 Å². The van der Waals surface area contributed by atoms with Crippen LogP contribution in [0.2, 0.25) is 0 Å². The second-order valence-electron chi connectivity index (χ2n) is 4.85.